The van der Waals surface area contributed by atoms with Crippen molar-refractivity contribution in [3.05, 3.63) is 41.9 Å². The lowest BCUT2D eigenvalue weighted by atomic mass is 10.3. The van der Waals surface area contributed by atoms with Gasteiger partial charge in [-0.05, 0) is 18.6 Å². The van der Waals surface area contributed by atoms with Crippen LogP contribution in [0, 0.1) is 0 Å². The summed E-state index contributed by atoms with van der Waals surface area (Å²) >= 11 is 0. The minimum atomic E-state index is 0.471. The van der Waals surface area contributed by atoms with Gasteiger partial charge in [0.25, 0.3) is 0 Å². The largest absolute Gasteiger partial charge is 0.463 e. The molecule has 0 aliphatic rings. The van der Waals surface area contributed by atoms with E-state index in [2.05, 4.69) is 35.6 Å². The van der Waals surface area contributed by atoms with Crippen molar-refractivity contribution >= 4 is 0 Å². The van der Waals surface area contributed by atoms with Gasteiger partial charge in [-0.25, -0.2) is 4.98 Å². The molecule has 0 aromatic carbocycles. The van der Waals surface area contributed by atoms with E-state index < -0.39 is 0 Å². The van der Waals surface area contributed by atoms with Crippen molar-refractivity contribution in [3.63, 3.8) is 0 Å². The second-order valence-corrected chi connectivity index (χ2v) is 5.12. The number of aryl methyl sites for hydroxylation is 1. The van der Waals surface area contributed by atoms with Gasteiger partial charge < -0.3 is 14.3 Å². The highest BCUT2D eigenvalue weighted by Crippen LogP contribution is 2.11. The molecule has 4 nitrogen and oxygen atoms in total. The van der Waals surface area contributed by atoms with Crippen LogP contribution >= 0.6 is 0 Å². The molecule has 2 rings (SSSR count). The fourth-order valence-corrected chi connectivity index (χ4v) is 2.01. The van der Waals surface area contributed by atoms with Crippen LogP contribution in [0.15, 0.2) is 28.9 Å². The second kappa shape index (κ2) is 6.57. The first-order valence-corrected chi connectivity index (χ1v) is 7.00. The van der Waals surface area contributed by atoms with E-state index in [4.69, 9.17) is 4.42 Å². The Labute approximate surface area is 114 Å². The molecule has 2 aromatic heterocycles. The molecule has 0 saturated heterocycles. The number of hydrogen-bond donors (Lipinski definition) is 1. The van der Waals surface area contributed by atoms with E-state index in [0.717, 1.165) is 43.3 Å². The third-order valence-corrected chi connectivity index (χ3v) is 3.00. The van der Waals surface area contributed by atoms with E-state index in [1.807, 2.05) is 24.5 Å². The average Bonchev–Trinajstić information content (AvgIpc) is 2.98. The molecule has 2 heterocycles. The molecule has 4 heteroatoms. The summed E-state index contributed by atoms with van der Waals surface area (Å²) in [6.45, 7) is 7.97. The third-order valence-electron chi connectivity index (χ3n) is 3.00. The minimum Gasteiger partial charge on any atom is -0.463 e. The molecule has 2 aromatic rings. The van der Waals surface area contributed by atoms with Crippen molar-refractivity contribution < 1.29 is 4.42 Å². The fourth-order valence-electron chi connectivity index (χ4n) is 2.01. The summed E-state index contributed by atoms with van der Waals surface area (Å²) in [6.07, 6.45) is 5.99. The molecule has 0 atom stereocenters. The SMILES string of the molecule is CCCc1nccn1Cc1ccc(CNC(C)C)o1. The number of hydrogen-bond acceptors (Lipinski definition) is 3. The predicted octanol–water partition coefficient (Wildman–Crippen LogP) is 2.97. The van der Waals surface area contributed by atoms with E-state index in [1.54, 1.807) is 0 Å². The van der Waals surface area contributed by atoms with Gasteiger partial charge in [0.2, 0.25) is 0 Å². The molecule has 104 valence electrons. The molecule has 1 N–H and O–H groups in total. The molecule has 0 bridgehead atoms. The first kappa shape index (κ1) is 13.9. The van der Waals surface area contributed by atoms with Crippen molar-refractivity contribution in [3.8, 4) is 0 Å². The summed E-state index contributed by atoms with van der Waals surface area (Å²) in [7, 11) is 0. The van der Waals surface area contributed by atoms with E-state index in [-0.39, 0.29) is 0 Å². The Morgan fingerprint density at radius 3 is 2.84 bits per heavy atom. The number of rotatable bonds is 7. The lowest BCUT2D eigenvalue weighted by Crippen LogP contribution is -2.21. The molecular weight excluding hydrogens is 238 g/mol. The molecule has 19 heavy (non-hydrogen) atoms. The van der Waals surface area contributed by atoms with E-state index in [1.165, 1.54) is 0 Å². The van der Waals surface area contributed by atoms with Crippen LogP contribution in [0.25, 0.3) is 0 Å². The van der Waals surface area contributed by atoms with Crippen LogP contribution in [0.1, 0.15) is 44.5 Å². The van der Waals surface area contributed by atoms with Crippen molar-refractivity contribution in [2.75, 3.05) is 0 Å². The zero-order valence-electron chi connectivity index (χ0n) is 12.0. The topological polar surface area (TPSA) is 43.0 Å². The molecular formula is C15H23N3O. The Morgan fingerprint density at radius 1 is 1.32 bits per heavy atom. The number of nitrogens with one attached hydrogen (secondary N) is 1. The van der Waals surface area contributed by atoms with Crippen LogP contribution in [0.4, 0.5) is 0 Å². The molecule has 0 saturated carbocycles. The van der Waals surface area contributed by atoms with E-state index in [9.17, 15) is 0 Å². The maximum absolute atomic E-state index is 5.83. The molecule has 0 aliphatic carbocycles. The normalized spacial score (nSPS) is 11.4. The van der Waals surface area contributed by atoms with Gasteiger partial charge in [-0.2, -0.15) is 0 Å². The van der Waals surface area contributed by atoms with Crippen LogP contribution in [0.5, 0.6) is 0 Å². The smallest absolute Gasteiger partial charge is 0.123 e. The molecule has 0 aliphatic heterocycles. The average molecular weight is 261 g/mol. The fraction of sp³-hybridized carbons (Fsp3) is 0.533. The van der Waals surface area contributed by atoms with Gasteiger partial charge in [-0.3, -0.25) is 0 Å². The summed E-state index contributed by atoms with van der Waals surface area (Å²) in [5, 5.41) is 3.35. The Balaban J connectivity index is 1.97. The molecule has 0 unspecified atom stereocenters. The zero-order chi connectivity index (χ0) is 13.7. The lowest BCUT2D eigenvalue weighted by Gasteiger charge is -2.06. The maximum atomic E-state index is 5.83. The summed E-state index contributed by atoms with van der Waals surface area (Å²) < 4.78 is 7.98. The van der Waals surface area contributed by atoms with Gasteiger partial charge in [0.05, 0.1) is 13.1 Å². The standard InChI is InChI=1S/C15H23N3O/c1-4-5-15-16-8-9-18(15)11-14-7-6-13(19-14)10-17-12(2)3/h6-9,12,17H,4-5,10-11H2,1-3H3. The number of imidazole rings is 1. The number of furan rings is 1. The lowest BCUT2D eigenvalue weighted by molar-refractivity contribution is 0.425. The van der Waals surface area contributed by atoms with Crippen molar-refractivity contribution in [1.82, 2.24) is 14.9 Å². The number of nitrogens with zero attached hydrogens (tertiary/aromatic N) is 2. The van der Waals surface area contributed by atoms with Gasteiger partial charge in [0.15, 0.2) is 0 Å². The van der Waals surface area contributed by atoms with Gasteiger partial charge in [-0.15, -0.1) is 0 Å². The quantitative estimate of drug-likeness (QED) is 0.833. The van der Waals surface area contributed by atoms with Gasteiger partial charge in [0, 0.05) is 24.9 Å². The van der Waals surface area contributed by atoms with Crippen LogP contribution in [0.3, 0.4) is 0 Å². The van der Waals surface area contributed by atoms with Crippen molar-refractivity contribution in [2.45, 2.75) is 52.7 Å². The van der Waals surface area contributed by atoms with Crippen LogP contribution < -0.4 is 5.32 Å². The predicted molar refractivity (Wildman–Crippen MR) is 76.0 cm³/mol. The van der Waals surface area contributed by atoms with E-state index in [0.29, 0.717) is 6.04 Å². The van der Waals surface area contributed by atoms with Crippen LogP contribution in [0.2, 0.25) is 0 Å². The highest BCUT2D eigenvalue weighted by Gasteiger charge is 2.06. The first-order chi connectivity index (χ1) is 9.19. The van der Waals surface area contributed by atoms with Crippen LogP contribution in [-0.4, -0.2) is 15.6 Å². The highest BCUT2D eigenvalue weighted by molar-refractivity contribution is 5.09. The molecule has 0 fully saturated rings. The second-order valence-electron chi connectivity index (χ2n) is 5.12. The monoisotopic (exact) mass is 261 g/mol. The van der Waals surface area contributed by atoms with Crippen LogP contribution in [-0.2, 0) is 19.5 Å². The Kier molecular flexibility index (Phi) is 4.80. The number of aromatic nitrogens is 2. The van der Waals surface area contributed by atoms with Gasteiger partial charge in [0.1, 0.15) is 17.3 Å². The van der Waals surface area contributed by atoms with Crippen molar-refractivity contribution in [1.29, 1.82) is 0 Å². The Bertz CT molecular complexity index is 499. The first-order valence-electron chi connectivity index (χ1n) is 7.00. The van der Waals surface area contributed by atoms with E-state index >= 15 is 0 Å². The maximum Gasteiger partial charge on any atom is 0.123 e. The summed E-state index contributed by atoms with van der Waals surface area (Å²) in [6, 6.07) is 4.56. The van der Waals surface area contributed by atoms with Crippen molar-refractivity contribution in [2.24, 2.45) is 0 Å². The zero-order valence-corrected chi connectivity index (χ0v) is 12.0. The molecule has 0 spiro atoms. The summed E-state index contributed by atoms with van der Waals surface area (Å²) in [5.74, 6) is 3.09. The third kappa shape index (κ3) is 3.96. The van der Waals surface area contributed by atoms with Gasteiger partial charge in [-0.1, -0.05) is 20.8 Å². The summed E-state index contributed by atoms with van der Waals surface area (Å²) in [4.78, 5) is 4.38. The Hall–Kier alpha value is -1.55. The molecule has 0 amide bonds. The highest BCUT2D eigenvalue weighted by atomic mass is 16.3. The minimum absolute atomic E-state index is 0.471. The van der Waals surface area contributed by atoms with Gasteiger partial charge >= 0.3 is 0 Å². The summed E-state index contributed by atoms with van der Waals surface area (Å²) in [5.41, 5.74) is 0. The molecule has 0 radical (unpaired) electrons. The Morgan fingerprint density at radius 2 is 2.11 bits per heavy atom.